The molecule has 0 bridgehead atoms. The highest BCUT2D eigenvalue weighted by Gasteiger charge is 2.14. The van der Waals surface area contributed by atoms with E-state index in [2.05, 4.69) is 26.2 Å². The van der Waals surface area contributed by atoms with Gasteiger partial charge in [0, 0.05) is 35.7 Å². The highest BCUT2D eigenvalue weighted by Crippen LogP contribution is 2.28. The fourth-order valence-electron chi connectivity index (χ4n) is 1.82. The van der Waals surface area contributed by atoms with Gasteiger partial charge >= 0.3 is 0 Å². The number of nitrogens with two attached hydrogens (primary N) is 1. The maximum Gasteiger partial charge on any atom is 0.124 e. The van der Waals surface area contributed by atoms with Crippen LogP contribution in [-0.2, 0) is 13.5 Å². The third-order valence-electron chi connectivity index (χ3n) is 2.67. The maximum atomic E-state index is 6.19. The van der Waals surface area contributed by atoms with Crippen molar-refractivity contribution in [1.82, 2.24) is 15.0 Å². The third kappa shape index (κ3) is 2.88. The molecule has 1 aromatic heterocycles. The molecule has 0 spiro atoms. The second-order valence-electron chi connectivity index (χ2n) is 4.08. The van der Waals surface area contributed by atoms with Crippen molar-refractivity contribution < 1.29 is 4.74 Å². The predicted molar refractivity (Wildman–Crippen MR) is 72.3 cm³/mol. The summed E-state index contributed by atoms with van der Waals surface area (Å²) in [6.07, 6.45) is 2.50. The zero-order valence-corrected chi connectivity index (χ0v) is 11.9. The van der Waals surface area contributed by atoms with Crippen LogP contribution < -0.4 is 10.5 Å². The van der Waals surface area contributed by atoms with Crippen LogP contribution in [0.25, 0.3) is 0 Å². The van der Waals surface area contributed by atoms with Crippen molar-refractivity contribution in [2.24, 2.45) is 12.8 Å². The molecule has 0 fully saturated rings. The minimum atomic E-state index is -0.162. The second kappa shape index (κ2) is 5.49. The highest BCUT2D eigenvalue weighted by molar-refractivity contribution is 9.10. The van der Waals surface area contributed by atoms with Gasteiger partial charge in [0.15, 0.2) is 0 Å². The molecule has 0 aliphatic carbocycles. The van der Waals surface area contributed by atoms with Gasteiger partial charge in [-0.25, -0.2) is 0 Å². The van der Waals surface area contributed by atoms with E-state index in [9.17, 15) is 0 Å². The van der Waals surface area contributed by atoms with E-state index >= 15 is 0 Å². The fourth-order valence-corrected chi connectivity index (χ4v) is 2.16. The summed E-state index contributed by atoms with van der Waals surface area (Å²) in [5.74, 6) is 0.778. The number of benzene rings is 1. The van der Waals surface area contributed by atoms with Crippen LogP contribution in [0.4, 0.5) is 0 Å². The van der Waals surface area contributed by atoms with Crippen LogP contribution in [0.3, 0.4) is 0 Å². The summed E-state index contributed by atoms with van der Waals surface area (Å²) in [7, 11) is 3.47. The van der Waals surface area contributed by atoms with Gasteiger partial charge in [0.2, 0.25) is 0 Å². The molecule has 1 unspecified atom stereocenters. The van der Waals surface area contributed by atoms with Crippen molar-refractivity contribution in [2.75, 3.05) is 7.11 Å². The summed E-state index contributed by atoms with van der Waals surface area (Å²) in [6, 6.07) is 5.66. The topological polar surface area (TPSA) is 66.0 Å². The van der Waals surface area contributed by atoms with E-state index in [0.717, 1.165) is 21.5 Å². The van der Waals surface area contributed by atoms with Gasteiger partial charge in [-0.3, -0.25) is 4.68 Å². The molecule has 2 N–H and O–H groups in total. The van der Waals surface area contributed by atoms with E-state index in [0.29, 0.717) is 6.42 Å². The minimum absolute atomic E-state index is 0.162. The van der Waals surface area contributed by atoms with Gasteiger partial charge in [-0.2, -0.15) is 0 Å². The Hall–Kier alpha value is -1.40. The van der Waals surface area contributed by atoms with Crippen LogP contribution >= 0.6 is 15.9 Å². The summed E-state index contributed by atoms with van der Waals surface area (Å²) < 4.78 is 7.97. The first-order valence-corrected chi connectivity index (χ1v) is 6.33. The first kappa shape index (κ1) is 13.0. The molecular formula is C12H15BrN4O. The molecule has 5 nitrogen and oxygen atoms in total. The van der Waals surface area contributed by atoms with Gasteiger partial charge in [-0.15, -0.1) is 5.10 Å². The van der Waals surface area contributed by atoms with E-state index in [1.54, 1.807) is 11.8 Å². The van der Waals surface area contributed by atoms with Gasteiger partial charge in [-0.1, -0.05) is 27.2 Å². The number of methoxy groups -OCH3 is 1. The van der Waals surface area contributed by atoms with Crippen LogP contribution in [0.15, 0.2) is 28.9 Å². The Kier molecular flexibility index (Phi) is 3.98. The molecule has 1 atom stereocenters. The summed E-state index contributed by atoms with van der Waals surface area (Å²) in [6.45, 7) is 0. The third-order valence-corrected chi connectivity index (χ3v) is 3.17. The van der Waals surface area contributed by atoms with Crippen LogP contribution in [0.5, 0.6) is 5.75 Å². The Morgan fingerprint density at radius 3 is 2.89 bits per heavy atom. The second-order valence-corrected chi connectivity index (χ2v) is 5.00. The predicted octanol–water partition coefficient (Wildman–Crippen LogP) is 1.83. The Labute approximate surface area is 114 Å². The molecule has 2 aromatic rings. The normalized spacial score (nSPS) is 12.4. The number of rotatable bonds is 4. The lowest BCUT2D eigenvalue weighted by atomic mass is 10.0. The van der Waals surface area contributed by atoms with Crippen LogP contribution in [0.1, 0.15) is 17.3 Å². The molecule has 96 valence electrons. The number of aromatic nitrogens is 3. The number of aryl methyl sites for hydroxylation is 1. The first-order valence-electron chi connectivity index (χ1n) is 5.54. The van der Waals surface area contributed by atoms with Gasteiger partial charge in [0.25, 0.3) is 0 Å². The number of hydrogen-bond donors (Lipinski definition) is 1. The standard InChI is InChI=1S/C12H15BrN4O/c1-17-7-9(15-16-17)6-11(14)10-4-3-8(13)5-12(10)18-2/h3-5,7,11H,6,14H2,1-2H3. The lowest BCUT2D eigenvalue weighted by Crippen LogP contribution is -2.14. The van der Waals surface area contributed by atoms with Gasteiger partial charge in [-0.05, 0) is 12.1 Å². The zero-order valence-electron chi connectivity index (χ0n) is 10.3. The van der Waals surface area contributed by atoms with Crippen molar-refractivity contribution in [1.29, 1.82) is 0 Å². The number of halogens is 1. The van der Waals surface area contributed by atoms with Crippen molar-refractivity contribution in [3.8, 4) is 5.75 Å². The van der Waals surface area contributed by atoms with Crippen molar-refractivity contribution >= 4 is 15.9 Å². The summed E-state index contributed by atoms with van der Waals surface area (Å²) in [5, 5.41) is 7.93. The highest BCUT2D eigenvalue weighted by atomic mass is 79.9. The lowest BCUT2D eigenvalue weighted by molar-refractivity contribution is 0.405. The summed E-state index contributed by atoms with van der Waals surface area (Å²) in [5.41, 5.74) is 8.02. The lowest BCUT2D eigenvalue weighted by Gasteiger charge is -2.14. The monoisotopic (exact) mass is 310 g/mol. The smallest absolute Gasteiger partial charge is 0.124 e. The Morgan fingerprint density at radius 2 is 2.28 bits per heavy atom. The molecule has 0 aliphatic rings. The molecule has 1 heterocycles. The van der Waals surface area contributed by atoms with E-state index in [-0.39, 0.29) is 6.04 Å². The van der Waals surface area contributed by atoms with Crippen molar-refractivity contribution in [2.45, 2.75) is 12.5 Å². The Bertz CT molecular complexity index is 541. The summed E-state index contributed by atoms with van der Waals surface area (Å²) >= 11 is 3.41. The SMILES string of the molecule is COc1cc(Br)ccc1C(N)Cc1cn(C)nn1. The average molecular weight is 311 g/mol. The van der Waals surface area contributed by atoms with Crippen LogP contribution in [-0.4, -0.2) is 22.1 Å². The molecule has 0 amide bonds. The first-order chi connectivity index (χ1) is 8.60. The van der Waals surface area contributed by atoms with E-state index in [4.69, 9.17) is 10.5 Å². The fraction of sp³-hybridized carbons (Fsp3) is 0.333. The zero-order chi connectivity index (χ0) is 13.1. The van der Waals surface area contributed by atoms with Crippen molar-refractivity contribution in [3.63, 3.8) is 0 Å². The van der Waals surface area contributed by atoms with Crippen molar-refractivity contribution in [3.05, 3.63) is 40.1 Å². The summed E-state index contributed by atoms with van der Waals surface area (Å²) in [4.78, 5) is 0. The molecule has 2 rings (SSSR count). The quantitative estimate of drug-likeness (QED) is 0.935. The van der Waals surface area contributed by atoms with Gasteiger partial charge < -0.3 is 10.5 Å². The average Bonchev–Trinajstić information content (AvgIpc) is 2.74. The molecule has 6 heteroatoms. The Morgan fingerprint density at radius 1 is 1.50 bits per heavy atom. The molecule has 18 heavy (non-hydrogen) atoms. The van der Waals surface area contributed by atoms with E-state index in [1.807, 2.05) is 31.4 Å². The van der Waals surface area contributed by atoms with E-state index in [1.165, 1.54) is 0 Å². The minimum Gasteiger partial charge on any atom is -0.496 e. The van der Waals surface area contributed by atoms with Crippen LogP contribution in [0, 0.1) is 0 Å². The van der Waals surface area contributed by atoms with E-state index < -0.39 is 0 Å². The molecule has 1 aromatic carbocycles. The largest absolute Gasteiger partial charge is 0.496 e. The number of ether oxygens (including phenoxy) is 1. The molecule has 0 saturated heterocycles. The van der Waals surface area contributed by atoms with Crippen LogP contribution in [0.2, 0.25) is 0 Å². The molecule has 0 saturated carbocycles. The van der Waals surface area contributed by atoms with Gasteiger partial charge in [0.05, 0.1) is 12.8 Å². The van der Waals surface area contributed by atoms with Gasteiger partial charge in [0.1, 0.15) is 5.75 Å². The number of hydrogen-bond acceptors (Lipinski definition) is 4. The molecular weight excluding hydrogens is 296 g/mol. The molecule has 0 aliphatic heterocycles. The maximum absolute atomic E-state index is 6.19. The Balaban J connectivity index is 2.20. The molecule has 0 radical (unpaired) electrons. The number of nitrogens with zero attached hydrogens (tertiary/aromatic N) is 3.